The third kappa shape index (κ3) is 3.05. The number of hydrogen-bond acceptors (Lipinski definition) is 7. The number of fused-ring (bicyclic) bond motifs is 5. The maximum Gasteiger partial charge on any atom is 0.257 e. The Kier molecular flexibility index (Phi) is 5.24. The standard InChI is InChI=1S/C26H28FN3O6/c1-3-26(35)15-6-19-23-13(8-30(19)24(33)14(15)10-36-25(26)34)22-17(28-20(32)9-31)5-4-12-11(2)16(27)7-18(29-23)21(12)22/h6-7,13,17,22,25,31,34-35H,3-5,8-10H2,1-2H3,(H,28,32)/t13?,17?,22?,25?,26-/m0/s1. The minimum absolute atomic E-state index is 0.123. The molecule has 0 saturated heterocycles. The third-order valence-corrected chi connectivity index (χ3v) is 8.50. The van der Waals surface area contributed by atoms with E-state index in [1.807, 2.05) is 0 Å². The number of aliphatic imine (C=N–C) groups is 1. The summed E-state index contributed by atoms with van der Waals surface area (Å²) in [6, 6.07) is 2.78. The highest BCUT2D eigenvalue weighted by Crippen LogP contribution is 2.51. The van der Waals surface area contributed by atoms with Crippen molar-refractivity contribution in [1.29, 1.82) is 0 Å². The minimum atomic E-state index is -1.74. The van der Waals surface area contributed by atoms with Crippen molar-refractivity contribution in [2.75, 3.05) is 6.61 Å². The van der Waals surface area contributed by atoms with Crippen molar-refractivity contribution in [3.05, 3.63) is 61.8 Å². The molecule has 4 N–H and O–H groups in total. The van der Waals surface area contributed by atoms with E-state index in [1.54, 1.807) is 24.5 Å². The molecule has 4 heterocycles. The summed E-state index contributed by atoms with van der Waals surface area (Å²) >= 11 is 0. The highest BCUT2D eigenvalue weighted by atomic mass is 19.1. The van der Waals surface area contributed by atoms with Gasteiger partial charge in [-0.2, -0.15) is 0 Å². The van der Waals surface area contributed by atoms with E-state index in [0.717, 1.165) is 11.1 Å². The number of pyridine rings is 1. The molecule has 3 aliphatic heterocycles. The second-order valence-corrected chi connectivity index (χ2v) is 10.2. The number of nitrogens with one attached hydrogen (secondary N) is 1. The smallest absolute Gasteiger partial charge is 0.257 e. The number of benzene rings is 1. The average Bonchev–Trinajstić information content (AvgIpc) is 3.24. The number of aromatic nitrogens is 1. The summed E-state index contributed by atoms with van der Waals surface area (Å²) in [5.74, 6) is -1.39. The molecule has 5 atom stereocenters. The van der Waals surface area contributed by atoms with E-state index in [-0.39, 0.29) is 42.3 Å². The van der Waals surface area contributed by atoms with Crippen LogP contribution in [-0.2, 0) is 34.7 Å². The Bertz CT molecular complexity index is 1400. The van der Waals surface area contributed by atoms with Gasteiger partial charge in [-0.1, -0.05) is 6.92 Å². The number of carbonyl (C=O) groups is 1. The van der Waals surface area contributed by atoms with E-state index in [1.165, 1.54) is 6.07 Å². The van der Waals surface area contributed by atoms with Gasteiger partial charge in [0.05, 0.1) is 23.7 Å². The topological polar surface area (TPSA) is 133 Å². The average molecular weight is 498 g/mol. The Labute approximate surface area is 206 Å². The summed E-state index contributed by atoms with van der Waals surface area (Å²) in [5, 5.41) is 33.9. The van der Waals surface area contributed by atoms with E-state index in [9.17, 15) is 29.3 Å². The van der Waals surface area contributed by atoms with Crippen LogP contribution in [0.5, 0.6) is 0 Å². The summed E-state index contributed by atoms with van der Waals surface area (Å²) in [7, 11) is 0. The molecule has 190 valence electrons. The Morgan fingerprint density at radius 3 is 2.86 bits per heavy atom. The first-order valence-electron chi connectivity index (χ1n) is 12.3. The van der Waals surface area contributed by atoms with E-state index in [4.69, 9.17) is 9.73 Å². The lowest BCUT2D eigenvalue weighted by molar-refractivity contribution is -0.236. The molecule has 9 nitrogen and oxygen atoms in total. The summed E-state index contributed by atoms with van der Waals surface area (Å²) < 4.78 is 21.8. The van der Waals surface area contributed by atoms with Gasteiger partial charge in [0.15, 0.2) is 6.29 Å². The van der Waals surface area contributed by atoms with E-state index < -0.39 is 24.4 Å². The number of rotatable bonds is 3. The predicted molar refractivity (Wildman–Crippen MR) is 127 cm³/mol. The molecule has 0 fully saturated rings. The second kappa shape index (κ2) is 8.04. The maximum absolute atomic E-state index is 14.9. The molecule has 1 amide bonds. The number of aliphatic hydroxyl groups is 3. The van der Waals surface area contributed by atoms with Crippen LogP contribution in [0.1, 0.15) is 59.2 Å². The van der Waals surface area contributed by atoms with E-state index in [0.29, 0.717) is 53.2 Å². The molecule has 0 radical (unpaired) electrons. The van der Waals surface area contributed by atoms with Gasteiger partial charge in [-0.05, 0) is 48.9 Å². The molecule has 0 saturated carbocycles. The zero-order valence-electron chi connectivity index (χ0n) is 20.0. The van der Waals surface area contributed by atoms with Crippen LogP contribution in [0.4, 0.5) is 10.1 Å². The normalized spacial score (nSPS) is 29.6. The van der Waals surface area contributed by atoms with Crippen LogP contribution < -0.4 is 10.9 Å². The number of amides is 1. The maximum atomic E-state index is 14.9. The molecule has 1 aromatic heterocycles. The number of carbonyl (C=O) groups excluding carboxylic acids is 1. The van der Waals surface area contributed by atoms with Crippen LogP contribution in [0.25, 0.3) is 0 Å². The second-order valence-electron chi connectivity index (χ2n) is 10.2. The largest absolute Gasteiger partial charge is 0.387 e. The van der Waals surface area contributed by atoms with Gasteiger partial charge >= 0.3 is 0 Å². The highest BCUT2D eigenvalue weighted by Gasteiger charge is 2.49. The van der Waals surface area contributed by atoms with E-state index >= 15 is 0 Å². The van der Waals surface area contributed by atoms with Crippen molar-refractivity contribution in [3.8, 4) is 0 Å². The van der Waals surface area contributed by atoms with Crippen LogP contribution in [0.15, 0.2) is 21.9 Å². The fourth-order valence-corrected chi connectivity index (χ4v) is 6.60. The number of nitrogens with zero attached hydrogens (tertiary/aromatic N) is 2. The summed E-state index contributed by atoms with van der Waals surface area (Å²) in [4.78, 5) is 30.6. The highest BCUT2D eigenvalue weighted by molar-refractivity contribution is 6.06. The first-order valence-corrected chi connectivity index (χ1v) is 12.3. The predicted octanol–water partition coefficient (Wildman–Crippen LogP) is 1.01. The fraction of sp³-hybridized carbons (Fsp3) is 0.500. The van der Waals surface area contributed by atoms with Crippen molar-refractivity contribution < 1.29 is 29.2 Å². The van der Waals surface area contributed by atoms with E-state index in [2.05, 4.69) is 5.32 Å². The van der Waals surface area contributed by atoms with Crippen molar-refractivity contribution in [2.24, 2.45) is 10.9 Å². The van der Waals surface area contributed by atoms with Crippen molar-refractivity contribution in [3.63, 3.8) is 0 Å². The molecule has 1 aliphatic carbocycles. The van der Waals surface area contributed by atoms with Gasteiger partial charge in [-0.3, -0.25) is 14.6 Å². The molecular formula is C26H28FN3O6. The van der Waals surface area contributed by atoms with Crippen molar-refractivity contribution in [2.45, 2.75) is 70.1 Å². The number of ether oxygens (including phenoxy) is 1. The quantitative estimate of drug-likeness (QED) is 0.500. The molecule has 10 heteroatoms. The van der Waals surface area contributed by atoms with Gasteiger partial charge in [-0.25, -0.2) is 4.39 Å². The van der Waals surface area contributed by atoms with Gasteiger partial charge in [0, 0.05) is 41.6 Å². The fourth-order valence-electron chi connectivity index (χ4n) is 6.60. The van der Waals surface area contributed by atoms with Gasteiger partial charge in [0.2, 0.25) is 5.91 Å². The lowest BCUT2D eigenvalue weighted by atomic mass is 9.68. The summed E-state index contributed by atoms with van der Waals surface area (Å²) in [6.45, 7) is 2.99. The zero-order chi connectivity index (χ0) is 25.5. The monoisotopic (exact) mass is 497 g/mol. The number of halogens is 1. The van der Waals surface area contributed by atoms with Gasteiger partial charge in [0.1, 0.15) is 18.0 Å². The molecule has 4 aliphatic rings. The van der Waals surface area contributed by atoms with Crippen molar-refractivity contribution in [1.82, 2.24) is 9.88 Å². The summed E-state index contributed by atoms with van der Waals surface area (Å²) in [6.07, 6.45) is -0.209. The third-order valence-electron chi connectivity index (χ3n) is 8.50. The molecule has 0 bridgehead atoms. The molecule has 0 spiro atoms. The minimum Gasteiger partial charge on any atom is -0.387 e. The number of aliphatic hydroxyl groups excluding tert-OH is 2. The van der Waals surface area contributed by atoms with Gasteiger partial charge in [-0.15, -0.1) is 0 Å². The Morgan fingerprint density at radius 1 is 1.36 bits per heavy atom. The van der Waals surface area contributed by atoms with Gasteiger partial charge in [0.25, 0.3) is 5.56 Å². The molecule has 6 rings (SSSR count). The molecule has 2 aromatic rings. The molecule has 4 unspecified atom stereocenters. The number of hydrogen-bond donors (Lipinski definition) is 4. The first kappa shape index (κ1) is 23.5. The summed E-state index contributed by atoms with van der Waals surface area (Å²) in [5.41, 5.74) is 2.44. The van der Waals surface area contributed by atoms with Crippen LogP contribution in [0, 0.1) is 18.7 Å². The molecule has 1 aromatic carbocycles. The Balaban J connectivity index is 1.57. The SMILES string of the molecule is CC[C@]1(O)c2cc3n(c(=O)c2COC1O)CC1C3=Nc2cc(F)c(C)c3c2C1C(NC(=O)CO)CC3. The zero-order valence-corrected chi connectivity index (χ0v) is 20.0. The van der Waals surface area contributed by atoms with Crippen LogP contribution in [0.3, 0.4) is 0 Å². The van der Waals surface area contributed by atoms with Crippen LogP contribution >= 0.6 is 0 Å². The Morgan fingerprint density at radius 2 is 2.14 bits per heavy atom. The first-order chi connectivity index (χ1) is 17.2. The van der Waals surface area contributed by atoms with Crippen LogP contribution in [0.2, 0.25) is 0 Å². The molecule has 36 heavy (non-hydrogen) atoms. The van der Waals surface area contributed by atoms with Crippen molar-refractivity contribution >= 4 is 17.3 Å². The lowest BCUT2D eigenvalue weighted by Crippen LogP contribution is -2.47. The van der Waals surface area contributed by atoms with Gasteiger partial charge < -0.3 is 29.9 Å². The molecular weight excluding hydrogens is 469 g/mol. The lowest BCUT2D eigenvalue weighted by Gasteiger charge is -2.41. The Hall–Kier alpha value is -2.92. The van der Waals surface area contributed by atoms with Crippen LogP contribution in [-0.4, -0.2) is 50.4 Å².